The van der Waals surface area contributed by atoms with Crippen molar-refractivity contribution in [1.82, 2.24) is 5.32 Å². The zero-order valence-corrected chi connectivity index (χ0v) is 17.7. The molecule has 0 saturated heterocycles. The number of aliphatic hydroxyl groups excluding tert-OH is 1. The molecule has 148 valence electrons. The molecule has 0 radical (unpaired) electrons. The zero-order valence-electron chi connectivity index (χ0n) is 15.3. The molecule has 1 aromatic carbocycles. The Bertz CT molecular complexity index is 1020. The fourth-order valence-corrected chi connectivity index (χ4v) is 5.10. The molecule has 3 aromatic rings. The van der Waals surface area contributed by atoms with Crippen molar-refractivity contribution >= 4 is 38.4 Å². The summed E-state index contributed by atoms with van der Waals surface area (Å²) in [5.41, 5.74) is 0.891. The van der Waals surface area contributed by atoms with E-state index in [1.165, 1.54) is 11.3 Å². The van der Waals surface area contributed by atoms with Gasteiger partial charge in [-0.1, -0.05) is 18.2 Å². The highest BCUT2D eigenvalue weighted by atomic mass is 32.2. The van der Waals surface area contributed by atoms with Gasteiger partial charge in [-0.25, -0.2) is 8.42 Å². The van der Waals surface area contributed by atoms with Gasteiger partial charge >= 0.3 is 0 Å². The number of amides is 1. The Hall–Kier alpha value is -2.00. The van der Waals surface area contributed by atoms with Crippen LogP contribution in [-0.4, -0.2) is 32.2 Å². The van der Waals surface area contributed by atoms with Gasteiger partial charge in [-0.05, 0) is 47.7 Å². The number of hydrogen-bond acceptors (Lipinski definition) is 6. The average Bonchev–Trinajstić information content (AvgIpc) is 3.35. The third-order valence-corrected chi connectivity index (χ3v) is 7.58. The van der Waals surface area contributed by atoms with Gasteiger partial charge in [-0.15, -0.1) is 22.7 Å². The molecule has 2 N–H and O–H groups in total. The number of carbonyl (C=O) groups excluding carboxylic acids is 1. The van der Waals surface area contributed by atoms with E-state index in [9.17, 15) is 18.3 Å². The number of nitrogens with one attached hydrogen (secondary N) is 1. The minimum absolute atomic E-state index is 0.152. The quantitative estimate of drug-likeness (QED) is 0.566. The molecule has 0 bridgehead atoms. The van der Waals surface area contributed by atoms with E-state index in [2.05, 4.69) is 5.32 Å². The van der Waals surface area contributed by atoms with Crippen LogP contribution in [0.5, 0.6) is 0 Å². The topological polar surface area (TPSA) is 83.5 Å². The van der Waals surface area contributed by atoms with Crippen molar-refractivity contribution in [2.24, 2.45) is 0 Å². The van der Waals surface area contributed by atoms with Crippen molar-refractivity contribution in [2.75, 3.05) is 12.8 Å². The third kappa shape index (κ3) is 5.51. The summed E-state index contributed by atoms with van der Waals surface area (Å²) in [6.07, 6.45) is 1.21. The molecule has 0 aliphatic rings. The first-order valence-corrected chi connectivity index (χ1v) is 12.3. The van der Waals surface area contributed by atoms with E-state index < -0.39 is 15.9 Å². The number of hydrogen-bond donors (Lipinski definition) is 2. The minimum Gasteiger partial charge on any atom is -0.386 e. The molecule has 5 nitrogen and oxygen atoms in total. The number of carbonyl (C=O) groups is 1. The van der Waals surface area contributed by atoms with Gasteiger partial charge in [-0.2, -0.15) is 0 Å². The van der Waals surface area contributed by atoms with Gasteiger partial charge in [-0.3, -0.25) is 4.79 Å². The molecule has 0 saturated carbocycles. The van der Waals surface area contributed by atoms with E-state index in [1.807, 2.05) is 29.6 Å². The second-order valence-corrected chi connectivity index (χ2v) is 10.5. The number of aryl methyl sites for hydroxylation is 1. The van der Waals surface area contributed by atoms with Crippen LogP contribution >= 0.6 is 22.7 Å². The molecule has 1 atom stereocenters. The van der Waals surface area contributed by atoms with E-state index in [0.29, 0.717) is 6.42 Å². The van der Waals surface area contributed by atoms with Crippen LogP contribution in [0.1, 0.15) is 23.0 Å². The second-order valence-electron chi connectivity index (χ2n) is 6.42. The van der Waals surface area contributed by atoms with Crippen LogP contribution in [0, 0.1) is 0 Å². The lowest BCUT2D eigenvalue weighted by atomic mass is 10.1. The lowest BCUT2D eigenvalue weighted by Gasteiger charge is -2.10. The maximum Gasteiger partial charge on any atom is 0.220 e. The number of sulfone groups is 1. The van der Waals surface area contributed by atoms with Crippen LogP contribution in [0.25, 0.3) is 9.75 Å². The summed E-state index contributed by atoms with van der Waals surface area (Å²) in [4.78, 5) is 15.4. The lowest BCUT2D eigenvalue weighted by Crippen LogP contribution is -2.28. The molecular formula is C20H21NO4S3. The highest BCUT2D eigenvalue weighted by Gasteiger charge is 2.13. The van der Waals surface area contributed by atoms with Crippen molar-refractivity contribution in [3.05, 3.63) is 64.4 Å². The van der Waals surface area contributed by atoms with Crippen LogP contribution in [0.15, 0.2) is 58.8 Å². The summed E-state index contributed by atoms with van der Waals surface area (Å²) in [6, 6.07) is 14.4. The van der Waals surface area contributed by atoms with Gasteiger partial charge in [0, 0.05) is 33.9 Å². The molecule has 2 aromatic heterocycles. The van der Waals surface area contributed by atoms with Crippen LogP contribution < -0.4 is 5.32 Å². The maximum atomic E-state index is 12.1. The Morgan fingerprint density at radius 2 is 1.86 bits per heavy atom. The molecule has 0 aliphatic carbocycles. The lowest BCUT2D eigenvalue weighted by molar-refractivity contribution is -0.121. The monoisotopic (exact) mass is 435 g/mol. The molecule has 0 aliphatic heterocycles. The summed E-state index contributed by atoms with van der Waals surface area (Å²) < 4.78 is 22.9. The van der Waals surface area contributed by atoms with Crippen molar-refractivity contribution in [3.8, 4) is 9.75 Å². The molecule has 28 heavy (non-hydrogen) atoms. The predicted octanol–water partition coefficient (Wildman–Crippen LogP) is 3.66. The SMILES string of the molecule is CS(=O)(=O)c1ccc(CCC(=O)NCC(O)c2ccc(-c3cccs3)s2)cc1. The van der Waals surface area contributed by atoms with E-state index in [4.69, 9.17) is 0 Å². The molecule has 1 unspecified atom stereocenters. The Morgan fingerprint density at radius 1 is 1.11 bits per heavy atom. The van der Waals surface area contributed by atoms with Crippen LogP contribution in [0.3, 0.4) is 0 Å². The Kier molecular flexibility index (Phi) is 6.66. The molecular weight excluding hydrogens is 414 g/mol. The second kappa shape index (κ2) is 9.00. The minimum atomic E-state index is -3.21. The van der Waals surface area contributed by atoms with E-state index in [1.54, 1.807) is 35.6 Å². The Labute approximate surface area is 172 Å². The normalized spacial score (nSPS) is 12.6. The fourth-order valence-electron chi connectivity index (χ4n) is 2.64. The van der Waals surface area contributed by atoms with Gasteiger partial charge in [0.05, 0.1) is 4.90 Å². The smallest absolute Gasteiger partial charge is 0.220 e. The maximum absolute atomic E-state index is 12.1. The van der Waals surface area contributed by atoms with Gasteiger partial charge in [0.2, 0.25) is 5.91 Å². The summed E-state index contributed by atoms with van der Waals surface area (Å²) in [6.45, 7) is 0.163. The highest BCUT2D eigenvalue weighted by Crippen LogP contribution is 2.33. The zero-order chi connectivity index (χ0) is 20.1. The van der Waals surface area contributed by atoms with Crippen LogP contribution in [-0.2, 0) is 21.1 Å². The van der Waals surface area contributed by atoms with Crippen LogP contribution in [0.4, 0.5) is 0 Å². The molecule has 3 rings (SSSR count). The van der Waals surface area contributed by atoms with Crippen molar-refractivity contribution < 1.29 is 18.3 Å². The number of aliphatic hydroxyl groups is 1. The molecule has 2 heterocycles. The summed E-state index contributed by atoms with van der Waals surface area (Å²) in [5.74, 6) is -0.152. The fraction of sp³-hybridized carbons (Fsp3) is 0.250. The largest absolute Gasteiger partial charge is 0.386 e. The first kappa shape index (κ1) is 20.7. The number of rotatable bonds is 8. The van der Waals surface area contributed by atoms with Gasteiger partial charge in [0.25, 0.3) is 0 Å². The molecule has 0 spiro atoms. The first-order valence-electron chi connectivity index (χ1n) is 8.70. The average molecular weight is 436 g/mol. The van der Waals surface area contributed by atoms with Crippen molar-refractivity contribution in [1.29, 1.82) is 0 Å². The van der Waals surface area contributed by atoms with E-state index >= 15 is 0 Å². The Balaban J connectivity index is 1.46. The van der Waals surface area contributed by atoms with E-state index in [-0.39, 0.29) is 23.8 Å². The Morgan fingerprint density at radius 3 is 2.50 bits per heavy atom. The summed E-state index contributed by atoms with van der Waals surface area (Å²) in [7, 11) is -3.21. The summed E-state index contributed by atoms with van der Waals surface area (Å²) in [5, 5.41) is 15.1. The molecule has 8 heteroatoms. The van der Waals surface area contributed by atoms with Gasteiger partial charge in [0.15, 0.2) is 9.84 Å². The molecule has 1 amide bonds. The van der Waals surface area contributed by atoms with Gasteiger partial charge in [0.1, 0.15) is 6.10 Å². The number of thiophene rings is 2. The first-order chi connectivity index (χ1) is 13.3. The summed E-state index contributed by atoms with van der Waals surface area (Å²) >= 11 is 3.18. The van der Waals surface area contributed by atoms with Gasteiger partial charge < -0.3 is 10.4 Å². The molecule has 0 fully saturated rings. The predicted molar refractivity (Wildman–Crippen MR) is 113 cm³/mol. The standard InChI is InChI=1S/C20H21NO4S3/c1-28(24,25)15-7-4-14(5-8-15)6-11-20(23)21-13-16(22)17-9-10-19(27-17)18-3-2-12-26-18/h2-5,7-10,12,16,22H,6,11,13H2,1H3,(H,21,23). The van der Waals surface area contributed by atoms with Crippen molar-refractivity contribution in [3.63, 3.8) is 0 Å². The van der Waals surface area contributed by atoms with Crippen molar-refractivity contribution in [2.45, 2.75) is 23.8 Å². The highest BCUT2D eigenvalue weighted by molar-refractivity contribution is 7.90. The number of benzene rings is 1. The van der Waals surface area contributed by atoms with Crippen LogP contribution in [0.2, 0.25) is 0 Å². The third-order valence-electron chi connectivity index (χ3n) is 4.20. The van der Waals surface area contributed by atoms with E-state index in [0.717, 1.165) is 26.5 Å².